The van der Waals surface area contributed by atoms with Gasteiger partial charge in [-0.2, -0.15) is 4.98 Å². The number of hydrogen-bond acceptors (Lipinski definition) is 6. The normalized spacial score (nSPS) is 12.7. The van der Waals surface area contributed by atoms with Gasteiger partial charge in [0.1, 0.15) is 6.10 Å². The summed E-state index contributed by atoms with van der Waals surface area (Å²) in [5.74, 6) is 0.817. The monoisotopic (exact) mass is 192 g/mol. The Bertz CT molecular complexity index is 412. The van der Waals surface area contributed by atoms with Crippen LogP contribution in [0.2, 0.25) is 0 Å². The van der Waals surface area contributed by atoms with E-state index in [9.17, 15) is 0 Å². The minimum Gasteiger partial charge on any atom is -0.384 e. The highest BCUT2D eigenvalue weighted by Crippen LogP contribution is 2.13. The fourth-order valence-electron chi connectivity index (χ4n) is 0.910. The maximum Gasteiger partial charge on any atom is 0.255 e. The summed E-state index contributed by atoms with van der Waals surface area (Å²) in [4.78, 5) is 11.8. The molecule has 1 atom stereocenters. The number of aliphatic hydroxyl groups is 1. The molecule has 0 aliphatic rings. The van der Waals surface area contributed by atoms with E-state index < -0.39 is 6.10 Å². The van der Waals surface area contributed by atoms with Crippen LogP contribution in [0.4, 0.5) is 0 Å². The average molecular weight is 192 g/mol. The van der Waals surface area contributed by atoms with Crippen molar-refractivity contribution in [3.8, 4) is 11.6 Å². The van der Waals surface area contributed by atoms with Crippen LogP contribution in [-0.4, -0.2) is 25.2 Å². The van der Waals surface area contributed by atoms with Crippen LogP contribution in [0.15, 0.2) is 23.0 Å². The average Bonchev–Trinajstić information content (AvgIpc) is 2.68. The highest BCUT2D eigenvalue weighted by atomic mass is 16.5. The maximum absolute atomic E-state index is 9.15. The van der Waals surface area contributed by atoms with Crippen molar-refractivity contribution in [3.05, 3.63) is 24.4 Å². The summed E-state index contributed by atoms with van der Waals surface area (Å²) in [5, 5.41) is 12.8. The fraction of sp³-hybridized carbons (Fsp3) is 0.250. The lowest BCUT2D eigenvalue weighted by molar-refractivity contribution is 0.152. The second kappa shape index (κ2) is 3.51. The summed E-state index contributed by atoms with van der Waals surface area (Å²) in [7, 11) is 0. The Kier molecular flexibility index (Phi) is 2.19. The molecule has 72 valence electrons. The lowest BCUT2D eigenvalue weighted by atomic mass is 10.4. The van der Waals surface area contributed by atoms with E-state index in [1.165, 1.54) is 0 Å². The molecule has 2 aromatic heterocycles. The SMILES string of the molecule is C[C@H](O)c1nc(-c2ncccn2)no1. The number of hydrogen-bond donors (Lipinski definition) is 1. The van der Waals surface area contributed by atoms with Crippen LogP contribution in [0, 0.1) is 0 Å². The molecule has 0 spiro atoms. The van der Waals surface area contributed by atoms with Gasteiger partial charge in [0.25, 0.3) is 5.89 Å². The predicted octanol–water partition coefficient (Wildman–Crippen LogP) is 0.580. The van der Waals surface area contributed by atoms with Crippen molar-refractivity contribution >= 4 is 0 Å². The molecular formula is C8H8N4O2. The van der Waals surface area contributed by atoms with Gasteiger partial charge in [0.05, 0.1) is 0 Å². The van der Waals surface area contributed by atoms with Crippen LogP contribution >= 0.6 is 0 Å². The van der Waals surface area contributed by atoms with Crippen LogP contribution in [-0.2, 0) is 0 Å². The molecule has 0 aromatic carbocycles. The van der Waals surface area contributed by atoms with Gasteiger partial charge in [-0.3, -0.25) is 0 Å². The number of aliphatic hydroxyl groups excluding tert-OH is 1. The van der Waals surface area contributed by atoms with E-state index >= 15 is 0 Å². The van der Waals surface area contributed by atoms with E-state index in [0.29, 0.717) is 5.82 Å². The molecule has 2 rings (SSSR count). The molecule has 0 radical (unpaired) electrons. The molecule has 6 nitrogen and oxygen atoms in total. The van der Waals surface area contributed by atoms with Crippen molar-refractivity contribution in [2.45, 2.75) is 13.0 Å². The zero-order valence-corrected chi connectivity index (χ0v) is 7.45. The van der Waals surface area contributed by atoms with Crippen LogP contribution < -0.4 is 0 Å². The quantitative estimate of drug-likeness (QED) is 0.749. The van der Waals surface area contributed by atoms with Gasteiger partial charge >= 0.3 is 0 Å². The Morgan fingerprint density at radius 1 is 1.29 bits per heavy atom. The zero-order chi connectivity index (χ0) is 9.97. The first-order chi connectivity index (χ1) is 6.77. The van der Waals surface area contributed by atoms with E-state index in [2.05, 4.69) is 20.1 Å². The summed E-state index contributed by atoms with van der Waals surface area (Å²) in [6, 6.07) is 1.69. The molecule has 0 saturated carbocycles. The Labute approximate surface area is 79.6 Å². The van der Waals surface area contributed by atoms with Crippen molar-refractivity contribution in [1.29, 1.82) is 0 Å². The third kappa shape index (κ3) is 1.60. The standard InChI is InChI=1S/C8H8N4O2/c1-5(13)8-11-7(12-14-8)6-9-3-2-4-10-6/h2-5,13H,1H3/t5-/m0/s1. The minimum atomic E-state index is -0.778. The number of aromatic nitrogens is 4. The molecule has 0 aliphatic carbocycles. The van der Waals surface area contributed by atoms with E-state index in [-0.39, 0.29) is 11.7 Å². The number of rotatable bonds is 2. The van der Waals surface area contributed by atoms with E-state index in [4.69, 9.17) is 9.63 Å². The van der Waals surface area contributed by atoms with Crippen molar-refractivity contribution in [2.24, 2.45) is 0 Å². The molecule has 2 heterocycles. The van der Waals surface area contributed by atoms with Crippen molar-refractivity contribution in [2.75, 3.05) is 0 Å². The van der Waals surface area contributed by atoms with Gasteiger partial charge in [0, 0.05) is 12.4 Å². The molecule has 1 N–H and O–H groups in total. The summed E-state index contributed by atoms with van der Waals surface area (Å²) in [6.07, 6.45) is 2.39. The lowest BCUT2D eigenvalue weighted by Crippen LogP contribution is -1.92. The summed E-state index contributed by atoms with van der Waals surface area (Å²) < 4.78 is 4.79. The van der Waals surface area contributed by atoms with Crippen LogP contribution in [0.5, 0.6) is 0 Å². The molecule has 0 saturated heterocycles. The van der Waals surface area contributed by atoms with E-state index in [1.54, 1.807) is 25.4 Å². The zero-order valence-electron chi connectivity index (χ0n) is 7.45. The molecule has 2 aromatic rings. The van der Waals surface area contributed by atoms with E-state index in [0.717, 1.165) is 0 Å². The summed E-state index contributed by atoms with van der Waals surface area (Å²) >= 11 is 0. The van der Waals surface area contributed by atoms with Crippen molar-refractivity contribution in [1.82, 2.24) is 20.1 Å². The van der Waals surface area contributed by atoms with Crippen LogP contribution in [0.1, 0.15) is 18.9 Å². The largest absolute Gasteiger partial charge is 0.384 e. The molecule has 0 amide bonds. The van der Waals surface area contributed by atoms with Crippen LogP contribution in [0.3, 0.4) is 0 Å². The Morgan fingerprint density at radius 3 is 2.57 bits per heavy atom. The highest BCUT2D eigenvalue weighted by molar-refractivity contribution is 5.40. The predicted molar refractivity (Wildman–Crippen MR) is 46.0 cm³/mol. The Balaban J connectivity index is 2.34. The van der Waals surface area contributed by atoms with Gasteiger partial charge in [-0.25, -0.2) is 9.97 Å². The highest BCUT2D eigenvalue weighted by Gasteiger charge is 2.13. The fourth-order valence-corrected chi connectivity index (χ4v) is 0.910. The van der Waals surface area contributed by atoms with Gasteiger partial charge in [0.2, 0.25) is 11.6 Å². The van der Waals surface area contributed by atoms with Gasteiger partial charge in [-0.15, -0.1) is 0 Å². The number of nitrogens with zero attached hydrogens (tertiary/aromatic N) is 4. The first kappa shape index (κ1) is 8.76. The molecule has 14 heavy (non-hydrogen) atoms. The molecule has 0 bridgehead atoms. The van der Waals surface area contributed by atoms with Gasteiger partial charge in [0.15, 0.2) is 0 Å². The smallest absolute Gasteiger partial charge is 0.255 e. The second-order valence-corrected chi connectivity index (χ2v) is 2.70. The second-order valence-electron chi connectivity index (χ2n) is 2.70. The van der Waals surface area contributed by atoms with Crippen LogP contribution in [0.25, 0.3) is 11.6 Å². The van der Waals surface area contributed by atoms with Crippen molar-refractivity contribution < 1.29 is 9.63 Å². The first-order valence-electron chi connectivity index (χ1n) is 4.06. The topological polar surface area (TPSA) is 84.9 Å². The molecule has 0 unspecified atom stereocenters. The van der Waals surface area contributed by atoms with Gasteiger partial charge < -0.3 is 9.63 Å². The van der Waals surface area contributed by atoms with Gasteiger partial charge in [-0.05, 0) is 13.0 Å². The van der Waals surface area contributed by atoms with Crippen molar-refractivity contribution in [3.63, 3.8) is 0 Å². The Hall–Kier alpha value is -1.82. The molecule has 0 aliphatic heterocycles. The lowest BCUT2D eigenvalue weighted by Gasteiger charge is -1.92. The minimum absolute atomic E-state index is 0.160. The molecule has 0 fully saturated rings. The summed E-state index contributed by atoms with van der Waals surface area (Å²) in [6.45, 7) is 1.54. The summed E-state index contributed by atoms with van der Waals surface area (Å²) in [5.41, 5.74) is 0. The molecular weight excluding hydrogens is 184 g/mol. The third-order valence-electron chi connectivity index (χ3n) is 1.56. The van der Waals surface area contributed by atoms with E-state index in [1.807, 2.05) is 0 Å². The Morgan fingerprint density at radius 2 is 2.00 bits per heavy atom. The first-order valence-corrected chi connectivity index (χ1v) is 4.06. The van der Waals surface area contributed by atoms with Gasteiger partial charge in [-0.1, -0.05) is 5.16 Å². The third-order valence-corrected chi connectivity index (χ3v) is 1.56. The maximum atomic E-state index is 9.15. The molecule has 6 heteroatoms.